The van der Waals surface area contributed by atoms with Crippen molar-refractivity contribution >= 4 is 29.1 Å². The fraction of sp³-hybridized carbons (Fsp3) is 0.364. The van der Waals surface area contributed by atoms with Crippen LogP contribution in [0.3, 0.4) is 0 Å². The zero-order chi connectivity index (χ0) is 21.8. The predicted octanol–water partition coefficient (Wildman–Crippen LogP) is 3.91. The highest BCUT2D eigenvalue weighted by Crippen LogP contribution is 2.33. The number of nitrogens with one attached hydrogen (secondary N) is 2. The SMILES string of the molecule is CCOc1ccccc1C(=O)NCCCC(=O)Nc1cccc(Cl)c1OCCOC. The molecule has 2 aromatic rings. The summed E-state index contributed by atoms with van der Waals surface area (Å²) in [5.41, 5.74) is 0.971. The standard InChI is InChI=1S/C22H27ClN2O5/c1-3-29-19-11-5-4-8-16(19)22(27)24-13-7-12-20(26)25-18-10-6-9-17(23)21(18)30-15-14-28-2/h4-6,8-11H,3,7,12-15H2,1-2H3,(H,24,27)(H,25,26). The Labute approximate surface area is 181 Å². The minimum Gasteiger partial charge on any atom is -0.493 e. The fourth-order valence-corrected chi connectivity index (χ4v) is 2.90. The number of ether oxygens (including phenoxy) is 3. The molecule has 0 aliphatic carbocycles. The topological polar surface area (TPSA) is 85.9 Å². The number of anilines is 1. The van der Waals surface area contributed by atoms with Crippen molar-refractivity contribution in [2.24, 2.45) is 0 Å². The molecule has 0 spiro atoms. The molecule has 0 aliphatic rings. The van der Waals surface area contributed by atoms with E-state index in [0.717, 1.165) is 0 Å². The summed E-state index contributed by atoms with van der Waals surface area (Å²) in [7, 11) is 1.58. The van der Waals surface area contributed by atoms with Crippen LogP contribution in [0.5, 0.6) is 11.5 Å². The molecule has 0 aliphatic heterocycles. The van der Waals surface area contributed by atoms with Crippen LogP contribution in [0.1, 0.15) is 30.1 Å². The first kappa shape index (κ1) is 23.5. The summed E-state index contributed by atoms with van der Waals surface area (Å²) in [6.07, 6.45) is 0.715. The van der Waals surface area contributed by atoms with Crippen LogP contribution in [-0.2, 0) is 9.53 Å². The van der Waals surface area contributed by atoms with Gasteiger partial charge < -0.3 is 24.8 Å². The van der Waals surface area contributed by atoms with Crippen molar-refractivity contribution in [1.29, 1.82) is 0 Å². The van der Waals surface area contributed by atoms with Crippen LogP contribution in [-0.4, -0.2) is 45.3 Å². The number of hydrogen-bond acceptors (Lipinski definition) is 5. The second-order valence-corrected chi connectivity index (χ2v) is 6.70. The van der Waals surface area contributed by atoms with Gasteiger partial charge in [0.1, 0.15) is 12.4 Å². The molecule has 2 N–H and O–H groups in total. The van der Waals surface area contributed by atoms with Gasteiger partial charge >= 0.3 is 0 Å². The Morgan fingerprint density at radius 3 is 2.60 bits per heavy atom. The maximum atomic E-state index is 12.4. The van der Waals surface area contributed by atoms with E-state index in [0.29, 0.717) is 60.6 Å². The minimum atomic E-state index is -0.233. The summed E-state index contributed by atoms with van der Waals surface area (Å²) < 4.78 is 16.0. The van der Waals surface area contributed by atoms with Crippen molar-refractivity contribution in [2.75, 3.05) is 38.8 Å². The molecule has 0 atom stereocenters. The summed E-state index contributed by atoms with van der Waals surface area (Å²) >= 11 is 6.17. The smallest absolute Gasteiger partial charge is 0.255 e. The van der Waals surface area contributed by atoms with Crippen LogP contribution in [0.15, 0.2) is 42.5 Å². The molecule has 0 unspecified atom stereocenters. The van der Waals surface area contributed by atoms with Crippen molar-refractivity contribution in [1.82, 2.24) is 5.32 Å². The minimum absolute atomic E-state index is 0.196. The van der Waals surface area contributed by atoms with Crippen molar-refractivity contribution in [2.45, 2.75) is 19.8 Å². The molecule has 2 aromatic carbocycles. The van der Waals surface area contributed by atoms with Crippen LogP contribution in [0.4, 0.5) is 5.69 Å². The zero-order valence-electron chi connectivity index (χ0n) is 17.2. The van der Waals surface area contributed by atoms with E-state index in [9.17, 15) is 9.59 Å². The summed E-state index contributed by atoms with van der Waals surface area (Å²) in [5, 5.41) is 6.02. The average molecular weight is 435 g/mol. The molecular formula is C22H27ClN2O5. The highest BCUT2D eigenvalue weighted by atomic mass is 35.5. The van der Waals surface area contributed by atoms with E-state index in [2.05, 4.69) is 10.6 Å². The van der Waals surface area contributed by atoms with E-state index in [-0.39, 0.29) is 18.2 Å². The Morgan fingerprint density at radius 1 is 1.03 bits per heavy atom. The number of methoxy groups -OCH3 is 1. The van der Waals surface area contributed by atoms with E-state index < -0.39 is 0 Å². The van der Waals surface area contributed by atoms with Gasteiger partial charge in [-0.15, -0.1) is 0 Å². The number of carbonyl (C=O) groups excluding carboxylic acids is 2. The first-order valence-electron chi connectivity index (χ1n) is 9.77. The maximum absolute atomic E-state index is 12.4. The van der Waals surface area contributed by atoms with E-state index in [1.54, 1.807) is 43.5 Å². The van der Waals surface area contributed by atoms with E-state index >= 15 is 0 Å². The average Bonchev–Trinajstić information content (AvgIpc) is 2.74. The quantitative estimate of drug-likeness (QED) is 0.494. The third kappa shape index (κ3) is 7.24. The number of halogens is 1. The number of amides is 2. The van der Waals surface area contributed by atoms with Gasteiger partial charge in [0.15, 0.2) is 5.75 Å². The third-order valence-corrected chi connectivity index (χ3v) is 4.37. The molecule has 162 valence electrons. The maximum Gasteiger partial charge on any atom is 0.255 e. The molecule has 0 aromatic heterocycles. The first-order valence-corrected chi connectivity index (χ1v) is 10.1. The number of hydrogen-bond donors (Lipinski definition) is 2. The molecule has 30 heavy (non-hydrogen) atoms. The van der Waals surface area contributed by atoms with Crippen molar-refractivity contribution in [3.8, 4) is 11.5 Å². The summed E-state index contributed by atoms with van der Waals surface area (Å²) in [4.78, 5) is 24.6. The van der Waals surface area contributed by atoms with E-state index in [1.807, 2.05) is 13.0 Å². The normalized spacial score (nSPS) is 10.4. The fourth-order valence-electron chi connectivity index (χ4n) is 2.68. The van der Waals surface area contributed by atoms with Gasteiger partial charge in [0.25, 0.3) is 5.91 Å². The van der Waals surface area contributed by atoms with Crippen LogP contribution in [0.25, 0.3) is 0 Å². The lowest BCUT2D eigenvalue weighted by Crippen LogP contribution is -2.26. The van der Waals surface area contributed by atoms with Crippen LogP contribution >= 0.6 is 11.6 Å². The Kier molecular flexibility index (Phi) is 9.97. The van der Waals surface area contributed by atoms with Crippen LogP contribution in [0.2, 0.25) is 5.02 Å². The monoisotopic (exact) mass is 434 g/mol. The number of carbonyl (C=O) groups is 2. The Balaban J connectivity index is 1.82. The van der Waals surface area contributed by atoms with Gasteiger partial charge in [-0.2, -0.15) is 0 Å². The molecular weight excluding hydrogens is 408 g/mol. The van der Waals surface area contributed by atoms with Crippen molar-refractivity contribution < 1.29 is 23.8 Å². The Morgan fingerprint density at radius 2 is 1.83 bits per heavy atom. The third-order valence-electron chi connectivity index (χ3n) is 4.07. The lowest BCUT2D eigenvalue weighted by atomic mass is 10.2. The van der Waals surface area contributed by atoms with Gasteiger partial charge in [0.05, 0.1) is 29.5 Å². The Hall–Kier alpha value is -2.77. The summed E-state index contributed by atoms with van der Waals surface area (Å²) in [6.45, 7) is 3.43. The molecule has 2 rings (SSSR count). The summed E-state index contributed by atoms with van der Waals surface area (Å²) in [5.74, 6) is 0.517. The molecule has 0 saturated carbocycles. The molecule has 0 fully saturated rings. The Bertz CT molecular complexity index is 844. The number of rotatable bonds is 12. The zero-order valence-corrected chi connectivity index (χ0v) is 18.0. The lowest BCUT2D eigenvalue weighted by molar-refractivity contribution is -0.116. The second-order valence-electron chi connectivity index (χ2n) is 6.29. The van der Waals surface area contributed by atoms with Gasteiger partial charge in [-0.3, -0.25) is 9.59 Å². The number of benzene rings is 2. The van der Waals surface area contributed by atoms with Gasteiger partial charge in [0.2, 0.25) is 5.91 Å². The second kappa shape index (κ2) is 12.7. The highest BCUT2D eigenvalue weighted by molar-refractivity contribution is 6.32. The first-order chi connectivity index (χ1) is 14.6. The van der Waals surface area contributed by atoms with Crippen LogP contribution < -0.4 is 20.1 Å². The highest BCUT2D eigenvalue weighted by Gasteiger charge is 2.13. The molecule has 0 heterocycles. The van der Waals surface area contributed by atoms with Crippen LogP contribution in [0, 0.1) is 0 Å². The van der Waals surface area contributed by atoms with Crippen molar-refractivity contribution in [3.05, 3.63) is 53.1 Å². The van der Waals surface area contributed by atoms with E-state index in [4.69, 9.17) is 25.8 Å². The van der Waals surface area contributed by atoms with Gasteiger partial charge in [-0.25, -0.2) is 0 Å². The van der Waals surface area contributed by atoms with Gasteiger partial charge in [-0.05, 0) is 37.6 Å². The van der Waals surface area contributed by atoms with Crippen molar-refractivity contribution in [3.63, 3.8) is 0 Å². The molecule has 2 amide bonds. The van der Waals surface area contributed by atoms with Gasteiger partial charge in [-0.1, -0.05) is 29.8 Å². The molecule has 8 heteroatoms. The molecule has 0 radical (unpaired) electrons. The lowest BCUT2D eigenvalue weighted by Gasteiger charge is -2.14. The molecule has 0 bridgehead atoms. The number of para-hydroxylation sites is 2. The largest absolute Gasteiger partial charge is 0.493 e. The molecule has 7 nitrogen and oxygen atoms in total. The predicted molar refractivity (Wildman–Crippen MR) is 117 cm³/mol. The van der Waals surface area contributed by atoms with E-state index in [1.165, 1.54) is 0 Å². The van der Waals surface area contributed by atoms with Gasteiger partial charge in [0, 0.05) is 20.1 Å². The molecule has 0 saturated heterocycles. The summed E-state index contributed by atoms with van der Waals surface area (Å²) in [6, 6.07) is 12.2.